The molecule has 0 radical (unpaired) electrons. The molecule has 12 aromatic carbocycles. The molecule has 0 saturated heterocycles. The van der Waals surface area contributed by atoms with Crippen LogP contribution in [0.5, 0.6) is 0 Å². The molecule has 2 aliphatic carbocycles. The molecule has 2 aliphatic rings. The molecule has 0 bridgehead atoms. The molecule has 2 aromatic heterocycles. The first-order valence-electron chi connectivity index (χ1n) is 28.4. The summed E-state index contributed by atoms with van der Waals surface area (Å²) in [5.41, 5.74) is 23.7. The lowest BCUT2D eigenvalue weighted by molar-refractivity contribution is 0.768. The molecule has 0 unspecified atom stereocenters. The Hall–Kier alpha value is -10.6. The van der Waals surface area contributed by atoms with E-state index in [0.29, 0.717) is 0 Å². The molecule has 384 valence electrons. The smallest absolute Gasteiger partial charge is 0.101 e. The van der Waals surface area contributed by atoms with Crippen LogP contribution in [0.2, 0.25) is 0 Å². The first kappa shape index (κ1) is 47.4. The average molecular weight is 1040 g/mol. The summed E-state index contributed by atoms with van der Waals surface area (Å²) in [6.07, 6.45) is 0. The zero-order valence-electron chi connectivity index (χ0n) is 44.9. The molecule has 0 spiro atoms. The summed E-state index contributed by atoms with van der Waals surface area (Å²) in [5, 5.41) is 8.13. The Labute approximate surface area is 478 Å². The van der Waals surface area contributed by atoms with Gasteiger partial charge in [-0.05, 0) is 73.3 Å². The van der Waals surface area contributed by atoms with Crippen molar-refractivity contribution in [3.63, 3.8) is 0 Å². The van der Waals surface area contributed by atoms with E-state index in [1.807, 2.05) is 0 Å². The minimum Gasteiger partial charge on any atom is -0.306 e. The molecule has 0 fully saturated rings. The highest BCUT2D eigenvalue weighted by atomic mass is 15.3. The van der Waals surface area contributed by atoms with Gasteiger partial charge in [-0.1, -0.05) is 309 Å². The Bertz CT molecular complexity index is 4450. The normalized spacial score (nSPS) is 13.3. The maximum Gasteiger partial charge on any atom is 0.101 e. The third kappa shape index (κ3) is 6.80. The van der Waals surface area contributed by atoms with Crippen molar-refractivity contribution in [2.24, 2.45) is 0 Å². The van der Waals surface area contributed by atoms with Crippen molar-refractivity contribution in [3.8, 4) is 55.9 Å². The van der Waals surface area contributed by atoms with E-state index in [9.17, 15) is 0 Å². The minimum atomic E-state index is -0.650. The summed E-state index contributed by atoms with van der Waals surface area (Å²) in [6, 6.07) is 119. The van der Waals surface area contributed by atoms with Gasteiger partial charge in [-0.25, -0.2) is 4.52 Å². The molecule has 3 heteroatoms. The van der Waals surface area contributed by atoms with Gasteiger partial charge in [-0.2, -0.15) is 5.10 Å². The molecular weight excluding hydrogens is 991 g/mol. The van der Waals surface area contributed by atoms with E-state index >= 15 is 0 Å². The van der Waals surface area contributed by atoms with Gasteiger partial charge in [0, 0.05) is 38.6 Å². The number of hydrogen-bond acceptors (Lipinski definition) is 2. The fourth-order valence-corrected chi connectivity index (χ4v) is 14.4. The van der Waals surface area contributed by atoms with Crippen molar-refractivity contribution >= 4 is 33.4 Å². The highest BCUT2D eigenvalue weighted by molar-refractivity contribution is 6.17. The van der Waals surface area contributed by atoms with E-state index in [-0.39, 0.29) is 0 Å². The first-order chi connectivity index (χ1) is 40.8. The number of rotatable bonds is 10. The van der Waals surface area contributed by atoms with E-state index in [0.717, 1.165) is 67.0 Å². The summed E-state index contributed by atoms with van der Waals surface area (Å²) in [7, 11) is 0. The summed E-state index contributed by atoms with van der Waals surface area (Å²) in [4.78, 5) is 2.65. The van der Waals surface area contributed by atoms with Crippen molar-refractivity contribution in [1.29, 1.82) is 0 Å². The standard InChI is InChI=1S/C79H53N3/c1-8-30-54(31-9-1)71-74(55-32-10-2-11-33-55)80-82-75(56-34-12-3-13-35-56)77(62-45-23-22-44-61(62)76(71)82)81(69-52-28-50-67-72(69)63-46-24-26-48-65(63)78(67,57-36-14-4-15-37-57)58-38-16-5-17-39-58)70-53-29-51-68-73(70)64-47-25-27-49-66(64)79(68,59-40-18-6-19-41-59)60-42-20-7-21-43-60/h1-53H. The number of hydrogen-bond donors (Lipinski definition) is 0. The Morgan fingerprint density at radius 3 is 1.09 bits per heavy atom. The number of fused-ring (bicyclic) bond motifs is 9. The van der Waals surface area contributed by atoms with E-state index in [4.69, 9.17) is 5.10 Å². The van der Waals surface area contributed by atoms with Gasteiger partial charge in [0.2, 0.25) is 0 Å². The highest BCUT2D eigenvalue weighted by Crippen LogP contribution is 2.64. The van der Waals surface area contributed by atoms with Gasteiger partial charge in [-0.15, -0.1) is 0 Å². The van der Waals surface area contributed by atoms with Crippen molar-refractivity contribution < 1.29 is 0 Å². The molecule has 82 heavy (non-hydrogen) atoms. The zero-order chi connectivity index (χ0) is 54.2. The van der Waals surface area contributed by atoms with Gasteiger partial charge < -0.3 is 4.90 Å². The predicted molar refractivity (Wildman–Crippen MR) is 338 cm³/mol. The Morgan fingerprint density at radius 2 is 0.634 bits per heavy atom. The van der Waals surface area contributed by atoms with E-state index in [1.54, 1.807) is 0 Å². The summed E-state index contributed by atoms with van der Waals surface area (Å²) in [6.45, 7) is 0. The number of anilines is 3. The fourth-order valence-electron chi connectivity index (χ4n) is 14.4. The van der Waals surface area contributed by atoms with Crippen LogP contribution in [0.15, 0.2) is 322 Å². The molecule has 2 heterocycles. The van der Waals surface area contributed by atoms with Crippen LogP contribution in [0.1, 0.15) is 44.5 Å². The molecule has 0 N–H and O–H groups in total. The van der Waals surface area contributed by atoms with Crippen molar-refractivity contribution in [2.45, 2.75) is 10.8 Å². The monoisotopic (exact) mass is 1040 g/mol. The maximum atomic E-state index is 5.93. The van der Waals surface area contributed by atoms with E-state index in [1.165, 1.54) is 66.8 Å². The number of nitrogens with zero attached hydrogens (tertiary/aromatic N) is 3. The van der Waals surface area contributed by atoms with Crippen molar-refractivity contribution in [3.05, 3.63) is 366 Å². The minimum absolute atomic E-state index is 0.650. The second kappa shape index (κ2) is 19.0. The largest absolute Gasteiger partial charge is 0.306 e. The first-order valence-corrected chi connectivity index (χ1v) is 28.4. The molecule has 0 saturated carbocycles. The van der Waals surface area contributed by atoms with Gasteiger partial charge in [0.25, 0.3) is 0 Å². The number of benzene rings is 12. The fraction of sp³-hybridized carbons (Fsp3) is 0.0253. The molecule has 0 amide bonds. The van der Waals surface area contributed by atoms with Gasteiger partial charge in [-0.3, -0.25) is 0 Å². The van der Waals surface area contributed by atoms with Crippen LogP contribution in [0.3, 0.4) is 0 Å². The lowest BCUT2D eigenvalue weighted by atomic mass is 9.67. The summed E-state index contributed by atoms with van der Waals surface area (Å²) >= 11 is 0. The van der Waals surface area contributed by atoms with Crippen LogP contribution in [0.25, 0.3) is 72.2 Å². The van der Waals surface area contributed by atoms with Crippen LogP contribution in [-0.4, -0.2) is 9.61 Å². The third-order valence-electron chi connectivity index (χ3n) is 17.5. The zero-order valence-corrected chi connectivity index (χ0v) is 44.9. The lowest BCUT2D eigenvalue weighted by Gasteiger charge is -2.36. The third-order valence-corrected chi connectivity index (χ3v) is 17.5. The quantitative estimate of drug-likeness (QED) is 0.136. The molecular formula is C79H53N3. The second-order valence-corrected chi connectivity index (χ2v) is 21.6. The average Bonchev–Trinajstić information content (AvgIpc) is 4.25. The van der Waals surface area contributed by atoms with Gasteiger partial charge in [0.15, 0.2) is 0 Å². The van der Waals surface area contributed by atoms with Crippen LogP contribution in [0.4, 0.5) is 17.1 Å². The summed E-state index contributed by atoms with van der Waals surface area (Å²) in [5.74, 6) is 0. The SMILES string of the molecule is c1ccc(-c2nn3c(-c4ccccc4)c(N(c4cccc5c4-c4ccccc4C5(c4ccccc4)c4ccccc4)c4cccc5c4-c4ccccc4C5(c4ccccc4)c4ccccc4)c4ccccc4c3c2-c2ccccc2)cc1. The van der Waals surface area contributed by atoms with Crippen LogP contribution >= 0.6 is 0 Å². The maximum absolute atomic E-state index is 5.93. The lowest BCUT2D eigenvalue weighted by Crippen LogP contribution is -2.28. The van der Waals surface area contributed by atoms with Crippen LogP contribution in [-0.2, 0) is 10.8 Å². The Kier molecular flexibility index (Phi) is 11.0. The highest BCUT2D eigenvalue weighted by Gasteiger charge is 2.50. The van der Waals surface area contributed by atoms with Crippen LogP contribution < -0.4 is 4.90 Å². The second-order valence-electron chi connectivity index (χ2n) is 21.6. The Morgan fingerprint density at radius 1 is 0.280 bits per heavy atom. The number of pyridine rings is 1. The van der Waals surface area contributed by atoms with E-state index < -0.39 is 10.8 Å². The molecule has 0 aliphatic heterocycles. The van der Waals surface area contributed by atoms with Gasteiger partial charge in [0.05, 0.1) is 39.1 Å². The van der Waals surface area contributed by atoms with Crippen LogP contribution in [0, 0.1) is 0 Å². The molecule has 16 rings (SSSR count). The number of aromatic nitrogens is 2. The molecule has 0 atom stereocenters. The van der Waals surface area contributed by atoms with Crippen molar-refractivity contribution in [1.82, 2.24) is 9.61 Å². The molecule has 14 aromatic rings. The van der Waals surface area contributed by atoms with E-state index in [2.05, 4.69) is 331 Å². The van der Waals surface area contributed by atoms with Gasteiger partial charge >= 0.3 is 0 Å². The van der Waals surface area contributed by atoms with Crippen molar-refractivity contribution in [2.75, 3.05) is 4.90 Å². The Balaban J connectivity index is 1.12. The predicted octanol–water partition coefficient (Wildman–Crippen LogP) is 19.7. The summed E-state index contributed by atoms with van der Waals surface area (Å²) < 4.78 is 2.29. The molecule has 3 nitrogen and oxygen atoms in total. The topological polar surface area (TPSA) is 20.5 Å². The van der Waals surface area contributed by atoms with Gasteiger partial charge in [0.1, 0.15) is 5.69 Å².